The maximum atomic E-state index is 11.1. The molecule has 0 saturated carbocycles. The molecule has 0 aliphatic heterocycles. The van der Waals surface area contributed by atoms with Gasteiger partial charge in [0.2, 0.25) is 0 Å². The van der Waals surface area contributed by atoms with Gasteiger partial charge < -0.3 is 0 Å². The summed E-state index contributed by atoms with van der Waals surface area (Å²) in [5, 5.41) is 0. The van der Waals surface area contributed by atoms with Crippen molar-refractivity contribution < 1.29 is 42.5 Å². The topological polar surface area (TPSA) is 46.5 Å². The summed E-state index contributed by atoms with van der Waals surface area (Å²) < 4.78 is 54.7. The second kappa shape index (κ2) is 2.49. The predicted octanol–water partition coefficient (Wildman–Crippen LogP) is 0.566. The van der Waals surface area contributed by atoms with E-state index in [0.29, 0.717) is 0 Å². The van der Waals surface area contributed by atoms with Crippen molar-refractivity contribution in [1.29, 1.82) is 0 Å². The third-order valence-electron chi connectivity index (χ3n) is 0.365. The number of alkyl halides is 3. The van der Waals surface area contributed by atoms with E-state index in [0.717, 1.165) is 0 Å². The first-order valence-corrected chi connectivity index (χ1v) is 3.52. The van der Waals surface area contributed by atoms with Crippen molar-refractivity contribution in [1.82, 2.24) is 0 Å². The summed E-state index contributed by atoms with van der Waals surface area (Å²) in [5.74, 6) is 0. The molecule has 0 aromatic carbocycles. The number of hydrogen-bond acceptors (Lipinski definition) is 2. The fourth-order valence-corrected chi connectivity index (χ4v) is 0.554. The molecule has 0 aliphatic carbocycles. The average Bonchev–Trinajstić information content (AvgIpc) is 1.64. The number of sulfonamides is 1. The van der Waals surface area contributed by atoms with Gasteiger partial charge in [0, 0.05) is 0 Å². The molecule has 8 heteroatoms. The molecule has 0 atom stereocenters. The minimum absolute atomic E-state index is 1.84. The SMILES string of the molecule is O=S(=O)([N]=[Ag])C(F)(F)F. The van der Waals surface area contributed by atoms with Crippen molar-refractivity contribution in [3.05, 3.63) is 0 Å². The Morgan fingerprint density at radius 2 is 1.67 bits per heavy atom. The quantitative estimate of drug-likeness (QED) is 0.643. The molecule has 0 radical (unpaired) electrons. The Bertz CT molecular complexity index is 204. The number of hydrogen-bond donors (Lipinski definition) is 0. The van der Waals surface area contributed by atoms with Gasteiger partial charge in [-0.05, 0) is 0 Å². The molecule has 0 spiro atoms. The van der Waals surface area contributed by atoms with Crippen LogP contribution in [0, 0.1) is 0 Å². The molecule has 0 saturated heterocycles. The first-order chi connectivity index (χ1) is 3.81. The van der Waals surface area contributed by atoms with Gasteiger partial charge in [-0.2, -0.15) is 0 Å². The van der Waals surface area contributed by atoms with Crippen molar-refractivity contribution in [2.24, 2.45) is 2.74 Å². The standard InChI is InChI=1S/CF3NO2S.Ag/c2-1(3,4)8(5,6)7;. The van der Waals surface area contributed by atoms with E-state index in [9.17, 15) is 21.6 Å². The third kappa shape index (κ3) is 2.17. The molecule has 0 N–H and O–H groups in total. The summed E-state index contributed by atoms with van der Waals surface area (Å²) in [6.07, 6.45) is 0. The Morgan fingerprint density at radius 1 is 1.33 bits per heavy atom. The summed E-state index contributed by atoms with van der Waals surface area (Å²) in [6, 6.07) is 0. The molecule has 0 bridgehead atoms. The van der Waals surface area contributed by atoms with Crippen LogP contribution in [-0.2, 0) is 30.9 Å². The zero-order valence-electron chi connectivity index (χ0n) is 3.61. The van der Waals surface area contributed by atoms with E-state index in [4.69, 9.17) is 0 Å². The van der Waals surface area contributed by atoms with Crippen molar-refractivity contribution in [2.45, 2.75) is 5.51 Å². The Hall–Kier alpha value is 0.280. The van der Waals surface area contributed by atoms with Crippen molar-refractivity contribution in [3.63, 3.8) is 0 Å². The molecule has 59 valence electrons. The number of nitrogens with zero attached hydrogens (tertiary/aromatic N) is 1. The summed E-state index contributed by atoms with van der Waals surface area (Å²) in [4.78, 5) is 0. The van der Waals surface area contributed by atoms with Gasteiger partial charge in [0.05, 0.1) is 0 Å². The molecule has 0 aromatic rings. The molecular weight excluding hydrogens is 255 g/mol. The number of rotatable bonds is 1. The molecule has 9 heavy (non-hydrogen) atoms. The summed E-state index contributed by atoms with van der Waals surface area (Å²) >= 11 is 1.84. The van der Waals surface area contributed by atoms with Crippen LogP contribution in [0.25, 0.3) is 0 Å². The maximum absolute atomic E-state index is 11.1. The monoisotopic (exact) mass is 254 g/mol. The first kappa shape index (κ1) is 9.28. The van der Waals surface area contributed by atoms with E-state index in [1.807, 2.05) is 23.6 Å². The molecule has 0 aliphatic rings. The second-order valence-corrected chi connectivity index (χ2v) is 3.31. The van der Waals surface area contributed by atoms with Crippen LogP contribution in [0.5, 0.6) is 0 Å². The summed E-state index contributed by atoms with van der Waals surface area (Å²) in [7, 11) is -5.30. The van der Waals surface area contributed by atoms with E-state index in [1.54, 1.807) is 0 Å². The molecule has 0 aromatic heterocycles. The molecule has 0 heterocycles. The third-order valence-corrected chi connectivity index (χ3v) is 2.16. The van der Waals surface area contributed by atoms with Crippen LogP contribution in [0.1, 0.15) is 0 Å². The van der Waals surface area contributed by atoms with Crippen molar-refractivity contribution >= 4 is 10.0 Å². The van der Waals surface area contributed by atoms with Crippen LogP contribution in [0.3, 0.4) is 0 Å². The van der Waals surface area contributed by atoms with Crippen molar-refractivity contribution in [3.8, 4) is 0 Å². The van der Waals surface area contributed by atoms with Crippen molar-refractivity contribution in [2.75, 3.05) is 0 Å². The normalized spacial score (nSPS) is 13.4. The van der Waals surface area contributed by atoms with Gasteiger partial charge in [-0.25, -0.2) is 0 Å². The predicted molar refractivity (Wildman–Crippen MR) is 17.4 cm³/mol. The van der Waals surface area contributed by atoms with Crippen LogP contribution in [0.15, 0.2) is 2.74 Å². The summed E-state index contributed by atoms with van der Waals surface area (Å²) in [5.41, 5.74) is -5.30. The fourth-order valence-electron chi connectivity index (χ4n) is 0.0312. The van der Waals surface area contributed by atoms with Gasteiger partial charge in [0.1, 0.15) is 0 Å². The zero-order chi connectivity index (χ0) is 7.71. The molecule has 0 rings (SSSR count). The molecule has 3 nitrogen and oxygen atoms in total. The number of halogens is 3. The van der Waals surface area contributed by atoms with E-state index < -0.39 is 15.5 Å². The van der Waals surface area contributed by atoms with E-state index in [1.165, 1.54) is 0 Å². The van der Waals surface area contributed by atoms with Gasteiger partial charge in [-0.15, -0.1) is 0 Å². The van der Waals surface area contributed by atoms with Crippen LogP contribution in [-0.4, -0.2) is 13.9 Å². The molecule has 0 fully saturated rings. The van der Waals surface area contributed by atoms with E-state index in [-0.39, 0.29) is 0 Å². The Labute approximate surface area is 61.1 Å². The van der Waals surface area contributed by atoms with Gasteiger partial charge in [0.25, 0.3) is 0 Å². The van der Waals surface area contributed by atoms with E-state index in [2.05, 4.69) is 0 Å². The van der Waals surface area contributed by atoms with Gasteiger partial charge in [-0.3, -0.25) is 0 Å². The van der Waals surface area contributed by atoms with Crippen LogP contribution in [0.4, 0.5) is 13.2 Å². The first-order valence-electron chi connectivity index (χ1n) is 1.42. The zero-order valence-corrected chi connectivity index (χ0v) is 5.91. The molecule has 0 unspecified atom stereocenters. The minimum atomic E-state index is -5.30. The van der Waals surface area contributed by atoms with Gasteiger partial charge >= 0.3 is 60.8 Å². The Balaban J connectivity index is 4.79. The van der Waals surface area contributed by atoms with Gasteiger partial charge in [0.15, 0.2) is 0 Å². The summed E-state index contributed by atoms with van der Waals surface area (Å²) in [6.45, 7) is 0. The van der Waals surface area contributed by atoms with Crippen LogP contribution in [0.2, 0.25) is 0 Å². The fraction of sp³-hybridized carbons (Fsp3) is 1.00. The van der Waals surface area contributed by atoms with E-state index >= 15 is 0 Å². The van der Waals surface area contributed by atoms with Crippen LogP contribution >= 0.6 is 0 Å². The van der Waals surface area contributed by atoms with Gasteiger partial charge in [-0.1, -0.05) is 0 Å². The molecule has 0 amide bonds. The second-order valence-electron chi connectivity index (χ2n) is 0.976. The average molecular weight is 255 g/mol. The van der Waals surface area contributed by atoms with Crippen LogP contribution < -0.4 is 0 Å². The molecular formula is CAgF3NO2S. The Morgan fingerprint density at radius 3 is 1.67 bits per heavy atom. The Kier molecular flexibility index (Phi) is 2.57.